The van der Waals surface area contributed by atoms with Gasteiger partial charge in [0.2, 0.25) is 5.91 Å². The molecular formula is C13H17F2NO3. The number of amides is 1. The molecule has 0 bridgehead atoms. The van der Waals surface area contributed by atoms with E-state index in [1.807, 2.05) is 6.92 Å². The van der Waals surface area contributed by atoms with Crippen molar-refractivity contribution in [2.24, 2.45) is 0 Å². The van der Waals surface area contributed by atoms with Crippen molar-refractivity contribution in [1.82, 2.24) is 5.32 Å². The van der Waals surface area contributed by atoms with Crippen LogP contribution in [0, 0.1) is 0 Å². The summed E-state index contributed by atoms with van der Waals surface area (Å²) < 4.78 is 28.3. The Labute approximate surface area is 110 Å². The molecule has 0 saturated carbocycles. The maximum absolute atomic E-state index is 12.1. The number of aliphatic hydroxyl groups is 1. The Morgan fingerprint density at radius 2 is 2.21 bits per heavy atom. The van der Waals surface area contributed by atoms with Crippen LogP contribution in [0.1, 0.15) is 31.4 Å². The van der Waals surface area contributed by atoms with Crippen molar-refractivity contribution in [3.05, 3.63) is 29.8 Å². The van der Waals surface area contributed by atoms with Gasteiger partial charge in [-0.3, -0.25) is 4.79 Å². The lowest BCUT2D eigenvalue weighted by Crippen LogP contribution is -2.27. The number of carbonyl (C=O) groups excluding carboxylic acids is 1. The molecule has 1 unspecified atom stereocenters. The molecule has 1 rings (SSSR count). The Hall–Kier alpha value is -1.69. The summed E-state index contributed by atoms with van der Waals surface area (Å²) in [7, 11) is 0. The average Bonchev–Trinajstić information content (AvgIpc) is 2.36. The summed E-state index contributed by atoms with van der Waals surface area (Å²) in [5.41, 5.74) is 0.412. The second-order valence-electron chi connectivity index (χ2n) is 4.02. The van der Waals surface area contributed by atoms with Crippen LogP contribution < -0.4 is 10.1 Å². The summed E-state index contributed by atoms with van der Waals surface area (Å²) in [5.74, 6) is -0.173. The molecule has 1 atom stereocenters. The molecule has 0 spiro atoms. The molecule has 106 valence electrons. The highest BCUT2D eigenvalue weighted by Crippen LogP contribution is 2.20. The normalized spacial score (nSPS) is 12.3. The summed E-state index contributed by atoms with van der Waals surface area (Å²) >= 11 is 0. The smallest absolute Gasteiger partial charge is 0.387 e. The Bertz CT molecular complexity index is 413. The van der Waals surface area contributed by atoms with E-state index in [4.69, 9.17) is 0 Å². The molecule has 0 aliphatic heterocycles. The van der Waals surface area contributed by atoms with Crippen LogP contribution in [0.15, 0.2) is 24.3 Å². The summed E-state index contributed by atoms with van der Waals surface area (Å²) in [6.07, 6.45) is 0.156. The summed E-state index contributed by atoms with van der Waals surface area (Å²) in [4.78, 5) is 11.2. The predicted octanol–water partition coefficient (Wildman–Crippen LogP) is 2.24. The van der Waals surface area contributed by atoms with Gasteiger partial charge in [-0.15, -0.1) is 0 Å². The number of aliphatic hydroxyl groups excluding tert-OH is 1. The van der Waals surface area contributed by atoms with Gasteiger partial charge in [0.1, 0.15) is 5.75 Å². The second-order valence-corrected chi connectivity index (χ2v) is 4.02. The third-order valence-corrected chi connectivity index (χ3v) is 2.44. The zero-order valence-electron chi connectivity index (χ0n) is 10.6. The molecular weight excluding hydrogens is 256 g/mol. The van der Waals surface area contributed by atoms with E-state index in [1.165, 1.54) is 18.2 Å². The van der Waals surface area contributed by atoms with Gasteiger partial charge in [-0.25, -0.2) is 0 Å². The quantitative estimate of drug-likeness (QED) is 0.801. The van der Waals surface area contributed by atoms with Crippen molar-refractivity contribution in [3.8, 4) is 5.75 Å². The first kappa shape index (κ1) is 15.4. The largest absolute Gasteiger partial charge is 0.435 e. The molecule has 0 aromatic heterocycles. The number of hydrogen-bond acceptors (Lipinski definition) is 3. The molecule has 0 saturated heterocycles. The molecule has 2 N–H and O–H groups in total. The van der Waals surface area contributed by atoms with Gasteiger partial charge >= 0.3 is 6.61 Å². The second kappa shape index (κ2) is 7.68. The summed E-state index contributed by atoms with van der Waals surface area (Å²) in [6.45, 7) is -0.991. The lowest BCUT2D eigenvalue weighted by molar-refractivity contribution is -0.121. The van der Waals surface area contributed by atoms with E-state index in [0.717, 1.165) is 6.42 Å². The third-order valence-electron chi connectivity index (χ3n) is 2.44. The van der Waals surface area contributed by atoms with Crippen LogP contribution in [0.5, 0.6) is 5.75 Å². The highest BCUT2D eigenvalue weighted by Gasteiger charge is 2.11. The van der Waals surface area contributed by atoms with Gasteiger partial charge in [0.05, 0.1) is 6.10 Å². The monoisotopic (exact) mass is 273 g/mol. The van der Waals surface area contributed by atoms with E-state index in [9.17, 15) is 18.7 Å². The van der Waals surface area contributed by atoms with E-state index >= 15 is 0 Å². The third kappa shape index (κ3) is 5.65. The molecule has 19 heavy (non-hydrogen) atoms. The number of rotatable bonds is 7. The minimum absolute atomic E-state index is 0.0218. The number of halogens is 2. The summed E-state index contributed by atoms with van der Waals surface area (Å²) in [6, 6.07) is 5.78. The van der Waals surface area contributed by atoms with Crippen molar-refractivity contribution < 1.29 is 23.4 Å². The van der Waals surface area contributed by atoms with Crippen molar-refractivity contribution in [2.75, 3.05) is 6.54 Å². The van der Waals surface area contributed by atoms with Crippen LogP contribution in [0.25, 0.3) is 0 Å². The number of carbonyl (C=O) groups is 1. The van der Waals surface area contributed by atoms with Crippen LogP contribution >= 0.6 is 0 Å². The van der Waals surface area contributed by atoms with Gasteiger partial charge in [-0.2, -0.15) is 8.78 Å². The van der Waals surface area contributed by atoms with Gasteiger partial charge in [-0.1, -0.05) is 19.1 Å². The van der Waals surface area contributed by atoms with Crippen LogP contribution in [0.3, 0.4) is 0 Å². The van der Waals surface area contributed by atoms with Gasteiger partial charge in [-0.05, 0) is 24.1 Å². The average molecular weight is 273 g/mol. The van der Waals surface area contributed by atoms with E-state index in [-0.39, 0.29) is 18.2 Å². The van der Waals surface area contributed by atoms with Crippen LogP contribution in [-0.2, 0) is 4.79 Å². The van der Waals surface area contributed by atoms with E-state index in [1.54, 1.807) is 6.07 Å². The van der Waals surface area contributed by atoms with E-state index in [0.29, 0.717) is 12.0 Å². The molecule has 1 amide bonds. The Morgan fingerprint density at radius 1 is 1.47 bits per heavy atom. The number of hydrogen-bond donors (Lipinski definition) is 2. The first-order valence-electron chi connectivity index (χ1n) is 6.02. The minimum Gasteiger partial charge on any atom is -0.435 e. The highest BCUT2D eigenvalue weighted by molar-refractivity contribution is 5.75. The molecule has 0 radical (unpaired) electrons. The van der Waals surface area contributed by atoms with Crippen molar-refractivity contribution in [1.29, 1.82) is 0 Å². The molecule has 0 fully saturated rings. The fraction of sp³-hybridized carbons (Fsp3) is 0.462. The minimum atomic E-state index is -2.91. The lowest BCUT2D eigenvalue weighted by Gasteiger charge is -2.13. The molecule has 0 heterocycles. The Kier molecular flexibility index (Phi) is 6.21. The molecule has 1 aromatic rings. The van der Waals surface area contributed by atoms with Crippen molar-refractivity contribution in [3.63, 3.8) is 0 Å². The summed E-state index contributed by atoms with van der Waals surface area (Å²) in [5, 5.41) is 12.4. The Balaban J connectivity index is 2.56. The lowest BCUT2D eigenvalue weighted by atomic mass is 10.1. The number of nitrogens with one attached hydrogen (secondary N) is 1. The fourth-order valence-electron chi connectivity index (χ4n) is 1.54. The SMILES string of the molecule is CCCC(=O)NCC(O)c1cccc(OC(F)F)c1. The van der Waals surface area contributed by atoms with Crippen LogP contribution in [0.2, 0.25) is 0 Å². The van der Waals surface area contributed by atoms with E-state index in [2.05, 4.69) is 10.1 Å². The van der Waals surface area contributed by atoms with E-state index < -0.39 is 12.7 Å². The first-order valence-corrected chi connectivity index (χ1v) is 6.02. The standard InChI is InChI=1S/C13H17F2NO3/c1-2-4-12(18)16-8-11(17)9-5-3-6-10(7-9)19-13(14)15/h3,5-7,11,13,17H,2,4,8H2,1H3,(H,16,18). The molecule has 0 aliphatic rings. The van der Waals surface area contributed by atoms with Crippen LogP contribution in [0.4, 0.5) is 8.78 Å². The number of alkyl halides is 2. The maximum atomic E-state index is 12.1. The van der Waals surface area contributed by atoms with Crippen LogP contribution in [-0.4, -0.2) is 24.2 Å². The first-order chi connectivity index (χ1) is 9.02. The van der Waals surface area contributed by atoms with Crippen molar-refractivity contribution >= 4 is 5.91 Å². The maximum Gasteiger partial charge on any atom is 0.387 e. The van der Waals surface area contributed by atoms with Gasteiger partial charge < -0.3 is 15.2 Å². The van der Waals surface area contributed by atoms with Gasteiger partial charge in [0.25, 0.3) is 0 Å². The molecule has 0 aliphatic carbocycles. The van der Waals surface area contributed by atoms with Gasteiger partial charge in [0.15, 0.2) is 0 Å². The van der Waals surface area contributed by atoms with Gasteiger partial charge in [0, 0.05) is 13.0 Å². The predicted molar refractivity (Wildman–Crippen MR) is 66.0 cm³/mol. The molecule has 1 aromatic carbocycles. The zero-order chi connectivity index (χ0) is 14.3. The number of benzene rings is 1. The highest BCUT2D eigenvalue weighted by atomic mass is 19.3. The molecule has 4 nitrogen and oxygen atoms in total. The number of ether oxygens (including phenoxy) is 1. The zero-order valence-corrected chi connectivity index (χ0v) is 10.6. The Morgan fingerprint density at radius 3 is 2.84 bits per heavy atom. The molecule has 6 heteroatoms. The fourth-order valence-corrected chi connectivity index (χ4v) is 1.54. The topological polar surface area (TPSA) is 58.6 Å². The van der Waals surface area contributed by atoms with Crippen molar-refractivity contribution in [2.45, 2.75) is 32.5 Å².